The quantitative estimate of drug-likeness (QED) is 0.145. The third-order valence-corrected chi connectivity index (χ3v) is 6.34. The lowest BCUT2D eigenvalue weighted by Gasteiger charge is -2.03. The molecule has 0 amide bonds. The lowest BCUT2D eigenvalue weighted by Crippen LogP contribution is -2.32. The zero-order valence-corrected chi connectivity index (χ0v) is 22.2. The molecule has 0 aromatic carbocycles. The van der Waals surface area contributed by atoms with Gasteiger partial charge in [0.1, 0.15) is 24.8 Å². The van der Waals surface area contributed by atoms with E-state index in [-0.39, 0.29) is 0 Å². The summed E-state index contributed by atoms with van der Waals surface area (Å²) in [5.41, 5.74) is 0. The van der Waals surface area contributed by atoms with Crippen LogP contribution in [0.2, 0.25) is 0 Å². The van der Waals surface area contributed by atoms with Crippen molar-refractivity contribution < 1.29 is 18.6 Å². The minimum atomic E-state index is 0.654. The summed E-state index contributed by atoms with van der Waals surface area (Å²) in [7, 11) is 0. The molecule has 0 N–H and O–H groups in total. The van der Waals surface area contributed by atoms with Gasteiger partial charge in [0.05, 0.1) is 26.3 Å². The molecule has 0 radical (unpaired) electrons. The maximum absolute atomic E-state index is 5.84. The molecular formula is C28H52N4O2+2. The molecule has 0 atom stereocenters. The molecule has 0 aliphatic carbocycles. The van der Waals surface area contributed by atoms with Gasteiger partial charge in [-0.2, -0.15) is 0 Å². The summed E-state index contributed by atoms with van der Waals surface area (Å²) in [5, 5.41) is 0. The van der Waals surface area contributed by atoms with Crippen LogP contribution in [0.1, 0.15) is 104 Å². The van der Waals surface area contributed by atoms with Crippen LogP contribution < -0.4 is 9.13 Å². The Kier molecular flexibility index (Phi) is 16.5. The second kappa shape index (κ2) is 19.6. The summed E-state index contributed by atoms with van der Waals surface area (Å²) in [4.78, 5) is 0. The predicted octanol–water partition coefficient (Wildman–Crippen LogP) is 6.01. The van der Waals surface area contributed by atoms with E-state index in [4.69, 9.17) is 9.47 Å². The topological polar surface area (TPSA) is 36.1 Å². The number of rotatable bonds is 23. The molecule has 0 saturated carbocycles. The second-order valence-corrected chi connectivity index (χ2v) is 9.65. The molecule has 2 rings (SSSR count). The molecule has 0 aliphatic rings. The van der Waals surface area contributed by atoms with Crippen LogP contribution in [0.5, 0.6) is 0 Å². The van der Waals surface area contributed by atoms with E-state index < -0.39 is 0 Å². The first-order valence-electron chi connectivity index (χ1n) is 14.1. The number of unbranched alkanes of at least 4 members (excludes halogenated alkanes) is 11. The molecule has 0 aliphatic heterocycles. The summed E-state index contributed by atoms with van der Waals surface area (Å²) in [6.07, 6.45) is 30.8. The van der Waals surface area contributed by atoms with Crippen molar-refractivity contribution in [2.45, 2.75) is 130 Å². The van der Waals surface area contributed by atoms with E-state index in [1.807, 2.05) is 0 Å². The largest absolute Gasteiger partial charge is 0.342 e. The Bertz CT molecular complexity index is 653. The van der Waals surface area contributed by atoms with Gasteiger partial charge in [-0.25, -0.2) is 18.3 Å². The van der Waals surface area contributed by atoms with Crippen molar-refractivity contribution in [3.05, 3.63) is 37.4 Å². The lowest BCUT2D eigenvalue weighted by molar-refractivity contribution is -0.732. The second-order valence-electron chi connectivity index (χ2n) is 9.65. The number of aryl methyl sites for hydroxylation is 2. The summed E-state index contributed by atoms with van der Waals surface area (Å²) >= 11 is 0. The highest BCUT2D eigenvalue weighted by molar-refractivity contribution is 4.66. The van der Waals surface area contributed by atoms with Crippen molar-refractivity contribution in [3.63, 3.8) is 0 Å². The molecular weight excluding hydrogens is 424 g/mol. The maximum atomic E-state index is 5.84. The highest BCUT2D eigenvalue weighted by Gasteiger charge is 2.05. The van der Waals surface area contributed by atoms with E-state index in [9.17, 15) is 0 Å². The third-order valence-electron chi connectivity index (χ3n) is 6.34. The molecule has 0 fully saturated rings. The molecule has 0 saturated heterocycles. The number of nitrogens with zero attached hydrogens (tertiary/aromatic N) is 4. The minimum Gasteiger partial charge on any atom is -0.342 e. The van der Waals surface area contributed by atoms with Crippen molar-refractivity contribution in [1.29, 1.82) is 0 Å². The van der Waals surface area contributed by atoms with Gasteiger partial charge >= 0.3 is 0 Å². The fourth-order valence-corrected chi connectivity index (χ4v) is 4.19. The first kappa shape index (κ1) is 28.6. The summed E-state index contributed by atoms with van der Waals surface area (Å²) in [6.45, 7) is 9.73. The Morgan fingerprint density at radius 1 is 0.529 bits per heavy atom. The number of imidazole rings is 2. The average molecular weight is 477 g/mol. The van der Waals surface area contributed by atoms with Crippen LogP contribution >= 0.6 is 0 Å². The third kappa shape index (κ3) is 13.9. The fourth-order valence-electron chi connectivity index (χ4n) is 4.19. The van der Waals surface area contributed by atoms with Crippen LogP contribution in [0, 0.1) is 0 Å². The number of hydrogen-bond acceptors (Lipinski definition) is 2. The highest BCUT2D eigenvalue weighted by Crippen LogP contribution is 2.05. The van der Waals surface area contributed by atoms with E-state index in [2.05, 4.69) is 69.6 Å². The predicted molar refractivity (Wildman–Crippen MR) is 137 cm³/mol. The molecule has 0 bridgehead atoms. The van der Waals surface area contributed by atoms with E-state index in [0.29, 0.717) is 13.5 Å². The van der Waals surface area contributed by atoms with E-state index in [0.717, 1.165) is 39.1 Å². The Hall–Kier alpha value is -1.66. The molecule has 194 valence electrons. The number of hydrogen-bond donors (Lipinski definition) is 0. The van der Waals surface area contributed by atoms with Gasteiger partial charge in [0.15, 0.2) is 13.5 Å². The van der Waals surface area contributed by atoms with E-state index in [1.54, 1.807) is 0 Å². The van der Waals surface area contributed by atoms with Crippen molar-refractivity contribution >= 4 is 0 Å². The molecule has 0 unspecified atom stereocenters. The summed E-state index contributed by atoms with van der Waals surface area (Å²) in [6, 6.07) is 0. The van der Waals surface area contributed by atoms with Crippen LogP contribution in [-0.2, 0) is 36.0 Å². The van der Waals surface area contributed by atoms with Crippen molar-refractivity contribution in [2.75, 3.05) is 13.2 Å². The standard InChI is InChI=1S/C28H52N4O2/c1-3-5-7-9-13-17-29-19-21-31(25-29)27-33-23-15-11-12-16-24-34-28-32-22-20-30(26-32)18-14-10-8-6-4-2/h19-22,25-26H,3-18,23-24,27-28H2,1-2H3/q+2. The molecule has 2 heterocycles. The zero-order valence-electron chi connectivity index (χ0n) is 22.2. The lowest BCUT2D eigenvalue weighted by atomic mass is 10.1. The summed E-state index contributed by atoms with van der Waals surface area (Å²) < 4.78 is 20.5. The van der Waals surface area contributed by atoms with E-state index in [1.165, 1.54) is 77.0 Å². The van der Waals surface area contributed by atoms with Crippen molar-refractivity contribution in [2.24, 2.45) is 0 Å². The van der Waals surface area contributed by atoms with Gasteiger partial charge in [0.2, 0.25) is 12.7 Å². The molecule has 2 aromatic rings. The number of ether oxygens (including phenoxy) is 2. The fraction of sp³-hybridized carbons (Fsp3) is 0.786. The zero-order chi connectivity index (χ0) is 24.1. The van der Waals surface area contributed by atoms with E-state index >= 15 is 0 Å². The molecule has 0 spiro atoms. The first-order valence-corrected chi connectivity index (χ1v) is 14.1. The van der Waals surface area contributed by atoms with Gasteiger partial charge in [-0.05, 0) is 38.5 Å². The monoisotopic (exact) mass is 476 g/mol. The minimum absolute atomic E-state index is 0.654. The van der Waals surface area contributed by atoms with Gasteiger partial charge in [0, 0.05) is 0 Å². The van der Waals surface area contributed by atoms with Gasteiger partial charge < -0.3 is 9.47 Å². The Morgan fingerprint density at radius 3 is 1.38 bits per heavy atom. The maximum Gasteiger partial charge on any atom is 0.245 e. The van der Waals surface area contributed by atoms with Gasteiger partial charge in [0.25, 0.3) is 0 Å². The van der Waals surface area contributed by atoms with Crippen molar-refractivity contribution in [1.82, 2.24) is 9.13 Å². The average Bonchev–Trinajstić information content (AvgIpc) is 3.49. The normalized spacial score (nSPS) is 11.5. The first-order chi connectivity index (χ1) is 16.8. The molecule has 6 nitrogen and oxygen atoms in total. The van der Waals surface area contributed by atoms with Gasteiger partial charge in [-0.15, -0.1) is 0 Å². The molecule has 2 aromatic heterocycles. The van der Waals surface area contributed by atoms with Crippen molar-refractivity contribution in [3.8, 4) is 0 Å². The van der Waals surface area contributed by atoms with Gasteiger partial charge in [-0.3, -0.25) is 0 Å². The highest BCUT2D eigenvalue weighted by atomic mass is 16.5. The Balaban J connectivity index is 1.37. The number of aromatic nitrogens is 4. The van der Waals surface area contributed by atoms with Gasteiger partial charge in [-0.1, -0.05) is 65.2 Å². The van der Waals surface area contributed by atoms with Crippen LogP contribution in [0.15, 0.2) is 37.4 Å². The Labute approximate surface area is 208 Å². The van der Waals surface area contributed by atoms with Crippen LogP contribution in [-0.4, -0.2) is 22.3 Å². The smallest absolute Gasteiger partial charge is 0.245 e. The Morgan fingerprint density at radius 2 is 0.941 bits per heavy atom. The van der Waals surface area contributed by atoms with Crippen LogP contribution in [0.3, 0.4) is 0 Å². The SMILES string of the molecule is CCCCCCCn1cc[n+](COCCCCCCOC[n+]2ccn(CCCCCCC)c2)c1. The molecule has 34 heavy (non-hydrogen) atoms. The van der Waals surface area contributed by atoms with Crippen LogP contribution in [0.4, 0.5) is 0 Å². The molecule has 6 heteroatoms. The summed E-state index contributed by atoms with van der Waals surface area (Å²) in [5.74, 6) is 0. The van der Waals surface area contributed by atoms with Crippen LogP contribution in [0.25, 0.3) is 0 Å².